The summed E-state index contributed by atoms with van der Waals surface area (Å²) in [4.78, 5) is 17.5. The van der Waals surface area contributed by atoms with Gasteiger partial charge >= 0.3 is 0 Å². The first kappa shape index (κ1) is 18.1. The summed E-state index contributed by atoms with van der Waals surface area (Å²) in [6.07, 6.45) is 0.285. The molecule has 26 heavy (non-hydrogen) atoms. The molecule has 1 aliphatic heterocycles. The number of hydrogen-bond donors (Lipinski definition) is 1. The van der Waals surface area contributed by atoms with Crippen LogP contribution in [0.2, 0.25) is 0 Å². The van der Waals surface area contributed by atoms with E-state index in [9.17, 15) is 13.6 Å². The van der Waals surface area contributed by atoms with Gasteiger partial charge in [-0.05, 0) is 37.1 Å². The van der Waals surface area contributed by atoms with Gasteiger partial charge in [-0.3, -0.25) is 9.78 Å². The Balaban J connectivity index is 1.76. The van der Waals surface area contributed by atoms with E-state index in [2.05, 4.69) is 10.3 Å². The molecule has 5 nitrogen and oxygen atoms in total. The Bertz CT molecular complexity index is 781. The predicted molar refractivity (Wildman–Crippen MR) is 95.8 cm³/mol. The first-order valence-electron chi connectivity index (χ1n) is 8.48. The highest BCUT2D eigenvalue weighted by molar-refractivity contribution is 5.97. The maximum Gasteiger partial charge on any atom is 0.280 e. The van der Waals surface area contributed by atoms with Crippen LogP contribution in [0.3, 0.4) is 0 Å². The summed E-state index contributed by atoms with van der Waals surface area (Å²) < 4.78 is 30.7. The largest absolute Gasteiger partial charge is 0.494 e. The zero-order valence-corrected chi connectivity index (χ0v) is 14.7. The van der Waals surface area contributed by atoms with Gasteiger partial charge < -0.3 is 15.0 Å². The SMILES string of the molecule is COc1cc(NC(C)c2ccc(C(F)F)nc2)ccc1N1CCCC1=O. The lowest BCUT2D eigenvalue weighted by Crippen LogP contribution is -2.24. The first-order chi connectivity index (χ1) is 12.5. The lowest BCUT2D eigenvalue weighted by Gasteiger charge is -2.21. The Labute approximate surface area is 151 Å². The number of alkyl halides is 2. The number of nitrogens with zero attached hydrogens (tertiary/aromatic N) is 2. The van der Waals surface area contributed by atoms with E-state index in [1.54, 1.807) is 18.1 Å². The molecule has 0 bridgehead atoms. The number of pyridine rings is 1. The van der Waals surface area contributed by atoms with Crippen molar-refractivity contribution >= 4 is 17.3 Å². The summed E-state index contributed by atoms with van der Waals surface area (Å²) in [6.45, 7) is 2.62. The van der Waals surface area contributed by atoms with Gasteiger partial charge in [-0.15, -0.1) is 0 Å². The molecule has 1 aliphatic rings. The summed E-state index contributed by atoms with van der Waals surface area (Å²) in [5, 5.41) is 3.30. The average Bonchev–Trinajstić information content (AvgIpc) is 3.07. The van der Waals surface area contributed by atoms with Crippen molar-refractivity contribution in [2.24, 2.45) is 0 Å². The smallest absolute Gasteiger partial charge is 0.280 e. The lowest BCUT2D eigenvalue weighted by atomic mass is 10.1. The van der Waals surface area contributed by atoms with Gasteiger partial charge in [0.25, 0.3) is 6.43 Å². The molecule has 1 amide bonds. The van der Waals surface area contributed by atoms with Gasteiger partial charge in [0.05, 0.1) is 18.8 Å². The molecule has 138 valence electrons. The molecule has 0 aliphatic carbocycles. The van der Waals surface area contributed by atoms with Crippen LogP contribution in [0, 0.1) is 0 Å². The van der Waals surface area contributed by atoms with E-state index >= 15 is 0 Å². The number of rotatable bonds is 6. The summed E-state index contributed by atoms with van der Waals surface area (Å²) in [5.74, 6) is 0.714. The van der Waals surface area contributed by atoms with E-state index < -0.39 is 6.43 Å². The molecule has 7 heteroatoms. The van der Waals surface area contributed by atoms with E-state index in [0.29, 0.717) is 18.7 Å². The number of anilines is 2. The number of benzene rings is 1. The molecule has 0 radical (unpaired) electrons. The van der Waals surface area contributed by atoms with E-state index in [1.165, 1.54) is 12.3 Å². The highest BCUT2D eigenvalue weighted by atomic mass is 19.3. The second-order valence-electron chi connectivity index (χ2n) is 6.22. The molecule has 1 aromatic carbocycles. The van der Waals surface area contributed by atoms with Crippen molar-refractivity contribution in [3.8, 4) is 5.75 Å². The third kappa shape index (κ3) is 3.76. The molecule has 1 fully saturated rings. The van der Waals surface area contributed by atoms with Crippen molar-refractivity contribution in [3.63, 3.8) is 0 Å². The maximum atomic E-state index is 12.6. The van der Waals surface area contributed by atoms with Crippen molar-refractivity contribution in [2.45, 2.75) is 32.2 Å². The second-order valence-corrected chi connectivity index (χ2v) is 6.22. The Morgan fingerprint density at radius 3 is 2.65 bits per heavy atom. The number of hydrogen-bond acceptors (Lipinski definition) is 4. The molecule has 1 saturated heterocycles. The molecule has 0 spiro atoms. The zero-order chi connectivity index (χ0) is 18.7. The number of methoxy groups -OCH3 is 1. The molecule has 1 unspecified atom stereocenters. The van der Waals surface area contributed by atoms with Crippen LogP contribution in [-0.4, -0.2) is 24.5 Å². The van der Waals surface area contributed by atoms with Crippen LogP contribution in [0.4, 0.5) is 20.2 Å². The van der Waals surface area contributed by atoms with Crippen LogP contribution in [-0.2, 0) is 4.79 Å². The summed E-state index contributed by atoms with van der Waals surface area (Å²) in [5.41, 5.74) is 2.13. The third-order valence-electron chi connectivity index (χ3n) is 4.46. The maximum absolute atomic E-state index is 12.6. The molecular weight excluding hydrogens is 340 g/mol. The Morgan fingerprint density at radius 1 is 1.27 bits per heavy atom. The van der Waals surface area contributed by atoms with Gasteiger partial charge in [0, 0.05) is 30.9 Å². The highest BCUT2D eigenvalue weighted by Crippen LogP contribution is 2.34. The van der Waals surface area contributed by atoms with Crippen LogP contribution >= 0.6 is 0 Å². The minimum Gasteiger partial charge on any atom is -0.494 e. The van der Waals surface area contributed by atoms with Gasteiger partial charge in [0.2, 0.25) is 5.91 Å². The van der Waals surface area contributed by atoms with E-state index in [-0.39, 0.29) is 17.6 Å². The molecule has 1 N–H and O–H groups in total. The number of ether oxygens (including phenoxy) is 1. The Morgan fingerprint density at radius 2 is 2.08 bits per heavy atom. The summed E-state index contributed by atoms with van der Waals surface area (Å²) in [7, 11) is 1.57. The number of halogens is 2. The zero-order valence-electron chi connectivity index (χ0n) is 14.7. The van der Waals surface area contributed by atoms with Crippen LogP contribution in [0.15, 0.2) is 36.5 Å². The van der Waals surface area contributed by atoms with E-state index in [0.717, 1.165) is 23.4 Å². The average molecular weight is 361 g/mol. The number of carbonyl (C=O) groups is 1. The van der Waals surface area contributed by atoms with Crippen LogP contribution in [0.25, 0.3) is 0 Å². The fourth-order valence-electron chi connectivity index (χ4n) is 3.03. The molecule has 0 saturated carbocycles. The lowest BCUT2D eigenvalue weighted by molar-refractivity contribution is -0.117. The molecule has 2 aromatic rings. The van der Waals surface area contributed by atoms with Crippen molar-refractivity contribution < 1.29 is 18.3 Å². The standard InChI is InChI=1S/C19H21F2N3O2/c1-12(13-5-7-15(19(20)21)22-11-13)23-14-6-8-16(17(10-14)26-2)24-9-3-4-18(24)25/h5-8,10-12,19,23H,3-4,9H2,1-2H3. The van der Waals surface area contributed by atoms with Crippen LogP contribution in [0.5, 0.6) is 5.75 Å². The van der Waals surface area contributed by atoms with Gasteiger partial charge in [0.1, 0.15) is 11.4 Å². The Hall–Kier alpha value is -2.70. The van der Waals surface area contributed by atoms with Crippen molar-refractivity contribution in [1.29, 1.82) is 0 Å². The molecule has 1 aromatic heterocycles. The minimum absolute atomic E-state index is 0.0996. The van der Waals surface area contributed by atoms with E-state index in [4.69, 9.17) is 4.74 Å². The normalized spacial score (nSPS) is 15.4. The molecule has 3 rings (SSSR count). The minimum atomic E-state index is -2.57. The summed E-state index contributed by atoms with van der Waals surface area (Å²) in [6, 6.07) is 8.41. The fraction of sp³-hybridized carbons (Fsp3) is 0.368. The van der Waals surface area contributed by atoms with Gasteiger partial charge in [-0.25, -0.2) is 8.78 Å². The predicted octanol–water partition coefficient (Wildman–Crippen LogP) is 4.33. The monoisotopic (exact) mass is 361 g/mol. The van der Waals surface area contributed by atoms with Crippen LogP contribution < -0.4 is 15.0 Å². The number of carbonyl (C=O) groups excluding carboxylic acids is 1. The Kier molecular flexibility index (Phi) is 5.35. The quantitative estimate of drug-likeness (QED) is 0.832. The van der Waals surface area contributed by atoms with Gasteiger partial charge in [-0.2, -0.15) is 0 Å². The van der Waals surface area contributed by atoms with Gasteiger partial charge in [-0.1, -0.05) is 6.07 Å². The number of aromatic nitrogens is 1. The third-order valence-corrected chi connectivity index (χ3v) is 4.46. The van der Waals surface area contributed by atoms with Crippen LogP contribution in [0.1, 0.15) is 43.5 Å². The highest BCUT2D eigenvalue weighted by Gasteiger charge is 2.24. The van der Waals surface area contributed by atoms with Crippen molar-refractivity contribution in [1.82, 2.24) is 4.98 Å². The number of nitrogens with one attached hydrogen (secondary N) is 1. The molecular formula is C19H21F2N3O2. The first-order valence-corrected chi connectivity index (χ1v) is 8.48. The van der Waals surface area contributed by atoms with Gasteiger partial charge in [0.15, 0.2) is 0 Å². The topological polar surface area (TPSA) is 54.5 Å². The molecule has 2 heterocycles. The number of amides is 1. The van der Waals surface area contributed by atoms with Crippen molar-refractivity contribution in [2.75, 3.05) is 23.9 Å². The van der Waals surface area contributed by atoms with Crippen molar-refractivity contribution in [3.05, 3.63) is 47.8 Å². The van der Waals surface area contributed by atoms with E-state index in [1.807, 2.05) is 25.1 Å². The fourth-order valence-corrected chi connectivity index (χ4v) is 3.03. The second kappa shape index (κ2) is 7.68. The molecule has 1 atom stereocenters. The summed E-state index contributed by atoms with van der Waals surface area (Å²) >= 11 is 0.